The van der Waals surface area contributed by atoms with E-state index in [0.717, 1.165) is 23.8 Å². The van der Waals surface area contributed by atoms with Gasteiger partial charge in [-0.1, -0.05) is 48.5 Å². The predicted molar refractivity (Wildman–Crippen MR) is 116 cm³/mol. The molecule has 1 fully saturated rings. The quantitative estimate of drug-likeness (QED) is 0.466. The maximum atomic E-state index is 12.2. The van der Waals surface area contributed by atoms with Crippen LogP contribution in [-0.2, 0) is 11.4 Å². The lowest BCUT2D eigenvalue weighted by molar-refractivity contribution is -0.117. The number of carbonyl (C=O) groups excluding carboxylic acids is 1. The van der Waals surface area contributed by atoms with Crippen molar-refractivity contribution in [3.63, 3.8) is 0 Å². The molecule has 4 rings (SSSR count). The van der Waals surface area contributed by atoms with Gasteiger partial charge in [0.2, 0.25) is 0 Å². The summed E-state index contributed by atoms with van der Waals surface area (Å²) in [5.74, 6) is 0.808. The summed E-state index contributed by atoms with van der Waals surface area (Å²) in [6.45, 7) is 0.403. The summed E-state index contributed by atoms with van der Waals surface area (Å²) >= 11 is 0. The highest BCUT2D eigenvalue weighted by atomic mass is 16.5. The Morgan fingerprint density at radius 1 is 1.13 bits per heavy atom. The van der Waals surface area contributed by atoms with Crippen LogP contribution in [0.1, 0.15) is 24.0 Å². The van der Waals surface area contributed by atoms with Gasteiger partial charge in [-0.05, 0) is 52.9 Å². The molecule has 1 amide bonds. The zero-order chi connectivity index (χ0) is 20.9. The number of nitrogens with one attached hydrogen (secondary N) is 1. The largest absolute Gasteiger partial charge is 0.493 e. The van der Waals surface area contributed by atoms with Crippen molar-refractivity contribution >= 4 is 22.8 Å². The SMILES string of the molecule is COc1cc(/C=C(\C#N)C(=O)NC2CC2)ccc1OCc1cccc2ccccc12. The molecule has 150 valence electrons. The number of benzene rings is 3. The second kappa shape index (κ2) is 8.71. The van der Waals surface area contributed by atoms with Gasteiger partial charge in [0.25, 0.3) is 5.91 Å². The molecule has 30 heavy (non-hydrogen) atoms. The van der Waals surface area contributed by atoms with E-state index in [9.17, 15) is 10.1 Å². The molecule has 5 nitrogen and oxygen atoms in total. The van der Waals surface area contributed by atoms with E-state index in [0.29, 0.717) is 23.7 Å². The molecule has 0 aliphatic heterocycles. The Kier molecular flexibility index (Phi) is 5.67. The second-order valence-corrected chi connectivity index (χ2v) is 7.25. The van der Waals surface area contributed by atoms with Gasteiger partial charge in [0.05, 0.1) is 7.11 Å². The summed E-state index contributed by atoms with van der Waals surface area (Å²) in [5, 5.41) is 14.5. The third kappa shape index (κ3) is 4.44. The number of methoxy groups -OCH3 is 1. The smallest absolute Gasteiger partial charge is 0.262 e. The average molecular weight is 398 g/mol. The lowest BCUT2D eigenvalue weighted by atomic mass is 10.1. The van der Waals surface area contributed by atoms with Gasteiger partial charge in [-0.2, -0.15) is 5.26 Å². The van der Waals surface area contributed by atoms with E-state index in [-0.39, 0.29) is 17.5 Å². The third-order valence-corrected chi connectivity index (χ3v) is 5.04. The first-order valence-electron chi connectivity index (χ1n) is 9.88. The van der Waals surface area contributed by atoms with Crippen molar-refractivity contribution in [2.24, 2.45) is 0 Å². The number of ether oxygens (including phenoxy) is 2. The highest BCUT2D eigenvalue weighted by Crippen LogP contribution is 2.30. The normalized spacial score (nSPS) is 13.5. The zero-order valence-corrected chi connectivity index (χ0v) is 16.7. The van der Waals surface area contributed by atoms with Gasteiger partial charge in [0.1, 0.15) is 18.2 Å². The van der Waals surface area contributed by atoms with E-state index in [2.05, 4.69) is 23.5 Å². The second-order valence-electron chi connectivity index (χ2n) is 7.25. The lowest BCUT2D eigenvalue weighted by Gasteiger charge is -2.13. The molecule has 1 aliphatic carbocycles. The monoisotopic (exact) mass is 398 g/mol. The molecule has 0 heterocycles. The Morgan fingerprint density at radius 3 is 2.70 bits per heavy atom. The fraction of sp³-hybridized carbons (Fsp3) is 0.200. The van der Waals surface area contributed by atoms with Crippen molar-refractivity contribution in [1.82, 2.24) is 5.32 Å². The van der Waals surface area contributed by atoms with Crippen LogP contribution in [0.3, 0.4) is 0 Å². The first-order valence-corrected chi connectivity index (χ1v) is 9.88. The van der Waals surface area contributed by atoms with E-state index in [1.54, 1.807) is 25.3 Å². The standard InChI is InChI=1S/C25H22N2O3/c1-29-24-14-17(13-20(15-26)25(28)27-21-10-11-21)9-12-23(24)30-16-19-7-4-6-18-5-2-3-8-22(18)19/h2-9,12-14,21H,10-11,16H2,1H3,(H,27,28)/b20-13+. The maximum Gasteiger partial charge on any atom is 0.262 e. The number of hydrogen-bond acceptors (Lipinski definition) is 4. The van der Waals surface area contributed by atoms with Gasteiger partial charge in [-0.15, -0.1) is 0 Å². The fourth-order valence-corrected chi connectivity index (χ4v) is 3.27. The van der Waals surface area contributed by atoms with Crippen LogP contribution in [0, 0.1) is 11.3 Å². The predicted octanol–water partition coefficient (Wildman–Crippen LogP) is 4.61. The summed E-state index contributed by atoms with van der Waals surface area (Å²) in [4.78, 5) is 12.2. The molecule has 0 aromatic heterocycles. The number of nitriles is 1. The van der Waals surface area contributed by atoms with Crippen molar-refractivity contribution in [1.29, 1.82) is 5.26 Å². The number of hydrogen-bond donors (Lipinski definition) is 1. The molecule has 3 aromatic carbocycles. The highest BCUT2D eigenvalue weighted by molar-refractivity contribution is 6.02. The van der Waals surface area contributed by atoms with E-state index < -0.39 is 0 Å². The Balaban J connectivity index is 1.52. The van der Waals surface area contributed by atoms with Crippen LogP contribution < -0.4 is 14.8 Å². The highest BCUT2D eigenvalue weighted by Gasteiger charge is 2.24. The summed E-state index contributed by atoms with van der Waals surface area (Å²) in [7, 11) is 1.57. The summed E-state index contributed by atoms with van der Waals surface area (Å²) in [5.41, 5.74) is 1.86. The average Bonchev–Trinajstić information content (AvgIpc) is 3.60. The summed E-state index contributed by atoms with van der Waals surface area (Å²) in [6, 6.07) is 21.9. The number of amides is 1. The van der Waals surface area contributed by atoms with Crippen molar-refractivity contribution in [3.8, 4) is 17.6 Å². The number of rotatable bonds is 7. The Bertz CT molecular complexity index is 1150. The van der Waals surface area contributed by atoms with Crippen LogP contribution in [-0.4, -0.2) is 19.1 Å². The van der Waals surface area contributed by atoms with Gasteiger partial charge in [-0.25, -0.2) is 0 Å². The Labute approximate surface area is 175 Å². The van der Waals surface area contributed by atoms with Gasteiger partial charge in [0.15, 0.2) is 11.5 Å². The van der Waals surface area contributed by atoms with Crippen LogP contribution in [0.5, 0.6) is 11.5 Å². The number of fused-ring (bicyclic) bond motifs is 1. The van der Waals surface area contributed by atoms with E-state index in [1.165, 1.54) is 5.39 Å². The van der Waals surface area contributed by atoms with Crippen molar-refractivity contribution in [3.05, 3.63) is 77.4 Å². The first kappa shape index (κ1) is 19.5. The summed E-state index contributed by atoms with van der Waals surface area (Å²) in [6.07, 6.45) is 3.51. The molecule has 0 atom stereocenters. The first-order chi connectivity index (χ1) is 14.7. The molecule has 1 N–H and O–H groups in total. The molecular formula is C25H22N2O3. The van der Waals surface area contributed by atoms with E-state index in [4.69, 9.17) is 9.47 Å². The number of nitrogens with zero attached hydrogens (tertiary/aromatic N) is 1. The Hall–Kier alpha value is -3.78. The fourth-order valence-electron chi connectivity index (χ4n) is 3.27. The molecule has 0 unspecified atom stereocenters. The molecule has 1 saturated carbocycles. The summed E-state index contributed by atoms with van der Waals surface area (Å²) < 4.78 is 11.5. The van der Waals surface area contributed by atoms with Gasteiger partial charge >= 0.3 is 0 Å². The van der Waals surface area contributed by atoms with Crippen LogP contribution in [0.4, 0.5) is 0 Å². The molecular weight excluding hydrogens is 376 g/mol. The minimum Gasteiger partial charge on any atom is -0.493 e. The maximum absolute atomic E-state index is 12.2. The third-order valence-electron chi connectivity index (χ3n) is 5.04. The molecule has 5 heteroatoms. The topological polar surface area (TPSA) is 71.3 Å². The molecule has 0 spiro atoms. The van der Waals surface area contributed by atoms with Gasteiger partial charge in [-0.3, -0.25) is 4.79 Å². The molecule has 0 radical (unpaired) electrons. The van der Waals surface area contributed by atoms with Crippen LogP contribution >= 0.6 is 0 Å². The molecule has 0 saturated heterocycles. The minimum absolute atomic E-state index is 0.0772. The van der Waals surface area contributed by atoms with Crippen molar-refractivity contribution in [2.45, 2.75) is 25.5 Å². The minimum atomic E-state index is -0.338. The number of carbonyl (C=O) groups is 1. The van der Waals surface area contributed by atoms with E-state index in [1.807, 2.05) is 36.4 Å². The van der Waals surface area contributed by atoms with Crippen LogP contribution in [0.2, 0.25) is 0 Å². The van der Waals surface area contributed by atoms with Gasteiger partial charge < -0.3 is 14.8 Å². The van der Waals surface area contributed by atoms with Crippen molar-refractivity contribution in [2.75, 3.05) is 7.11 Å². The molecule has 1 aliphatic rings. The van der Waals surface area contributed by atoms with Gasteiger partial charge in [0, 0.05) is 6.04 Å². The van der Waals surface area contributed by atoms with Crippen molar-refractivity contribution < 1.29 is 14.3 Å². The van der Waals surface area contributed by atoms with E-state index >= 15 is 0 Å². The molecule has 0 bridgehead atoms. The lowest BCUT2D eigenvalue weighted by Crippen LogP contribution is -2.26. The molecule has 3 aromatic rings. The zero-order valence-electron chi connectivity index (χ0n) is 16.7. The van der Waals surface area contributed by atoms with Crippen LogP contribution in [0.25, 0.3) is 16.8 Å². The van der Waals surface area contributed by atoms with Crippen LogP contribution in [0.15, 0.2) is 66.2 Å². The Morgan fingerprint density at radius 2 is 1.93 bits per heavy atom.